The molecule has 1 unspecified atom stereocenters. The molecular formula is C9H12ClNO2. The minimum atomic E-state index is -0.108. The third kappa shape index (κ3) is 2.97. The number of aliphatic hydroxyl groups excluding tert-OH is 1. The van der Waals surface area contributed by atoms with Crippen LogP contribution in [0, 0.1) is 0 Å². The summed E-state index contributed by atoms with van der Waals surface area (Å²) >= 11 is 5.79. The lowest BCUT2D eigenvalue weighted by Crippen LogP contribution is -2.14. The highest BCUT2D eigenvalue weighted by Crippen LogP contribution is 2.19. The van der Waals surface area contributed by atoms with E-state index in [1.54, 1.807) is 12.1 Å². The van der Waals surface area contributed by atoms with Gasteiger partial charge in [-0.1, -0.05) is 23.7 Å². The van der Waals surface area contributed by atoms with Crippen LogP contribution >= 0.6 is 11.6 Å². The van der Waals surface area contributed by atoms with Crippen LogP contribution in [0.15, 0.2) is 24.3 Å². The summed E-state index contributed by atoms with van der Waals surface area (Å²) in [5.74, 6) is 4.83. The van der Waals surface area contributed by atoms with Crippen LogP contribution in [0.2, 0.25) is 5.02 Å². The van der Waals surface area contributed by atoms with Crippen LogP contribution in [0.3, 0.4) is 0 Å². The van der Waals surface area contributed by atoms with Gasteiger partial charge in [0.1, 0.15) is 0 Å². The smallest absolute Gasteiger partial charge is 0.0769 e. The van der Waals surface area contributed by atoms with E-state index in [1.165, 1.54) is 0 Å². The van der Waals surface area contributed by atoms with Crippen LogP contribution in [0.5, 0.6) is 0 Å². The molecule has 0 spiro atoms. The van der Waals surface area contributed by atoms with Gasteiger partial charge in [0.25, 0.3) is 0 Å². The molecule has 0 bridgehead atoms. The van der Waals surface area contributed by atoms with Gasteiger partial charge in [0, 0.05) is 10.9 Å². The summed E-state index contributed by atoms with van der Waals surface area (Å²) in [6.07, 6.45) is 0. The maximum atomic E-state index is 9.02. The highest BCUT2D eigenvalue weighted by Gasteiger charge is 2.10. The van der Waals surface area contributed by atoms with E-state index in [2.05, 4.69) is 4.84 Å². The fraction of sp³-hybridized carbons (Fsp3) is 0.333. The van der Waals surface area contributed by atoms with Crippen molar-refractivity contribution in [2.45, 2.75) is 5.92 Å². The lowest BCUT2D eigenvalue weighted by atomic mass is 10.0. The van der Waals surface area contributed by atoms with E-state index in [4.69, 9.17) is 22.6 Å². The normalized spacial score (nSPS) is 12.8. The number of hydrogen-bond donors (Lipinski definition) is 2. The second-order valence-corrected chi connectivity index (χ2v) is 3.20. The maximum Gasteiger partial charge on any atom is 0.0769 e. The van der Waals surface area contributed by atoms with Crippen LogP contribution in [0.4, 0.5) is 0 Å². The molecule has 0 saturated carbocycles. The monoisotopic (exact) mass is 201 g/mol. The molecule has 13 heavy (non-hydrogen) atoms. The Kier molecular flexibility index (Phi) is 4.18. The third-order valence-corrected chi connectivity index (χ3v) is 2.07. The average molecular weight is 202 g/mol. The van der Waals surface area contributed by atoms with E-state index in [1.807, 2.05) is 12.1 Å². The van der Waals surface area contributed by atoms with E-state index in [0.717, 1.165) is 5.56 Å². The van der Waals surface area contributed by atoms with Crippen molar-refractivity contribution in [1.82, 2.24) is 0 Å². The number of rotatable bonds is 4. The molecule has 0 aromatic heterocycles. The largest absolute Gasteiger partial charge is 0.396 e. The Morgan fingerprint density at radius 1 is 1.54 bits per heavy atom. The Labute approximate surface area is 82.0 Å². The molecule has 3 nitrogen and oxygen atoms in total. The Morgan fingerprint density at radius 3 is 2.85 bits per heavy atom. The number of nitrogens with two attached hydrogens (primary N) is 1. The van der Waals surface area contributed by atoms with E-state index in [9.17, 15) is 0 Å². The van der Waals surface area contributed by atoms with Crippen molar-refractivity contribution in [3.63, 3.8) is 0 Å². The first-order valence-corrected chi connectivity index (χ1v) is 4.33. The molecule has 1 atom stereocenters. The highest BCUT2D eigenvalue weighted by atomic mass is 35.5. The van der Waals surface area contributed by atoms with Crippen molar-refractivity contribution in [1.29, 1.82) is 0 Å². The molecule has 1 aromatic carbocycles. The standard InChI is InChI=1S/C9H12ClNO2/c10-9-3-1-2-7(4-9)8(5-12)6-13-11/h1-4,8,12H,5-6,11H2. The Bertz CT molecular complexity index is 268. The zero-order chi connectivity index (χ0) is 9.68. The minimum absolute atomic E-state index is 0.00244. The summed E-state index contributed by atoms with van der Waals surface area (Å²) in [5, 5.41) is 9.67. The summed E-state index contributed by atoms with van der Waals surface area (Å²) in [5.41, 5.74) is 0.931. The number of halogens is 1. The molecule has 0 fully saturated rings. The minimum Gasteiger partial charge on any atom is -0.396 e. The van der Waals surface area contributed by atoms with Gasteiger partial charge < -0.3 is 9.94 Å². The SMILES string of the molecule is NOCC(CO)c1cccc(Cl)c1. The van der Waals surface area contributed by atoms with Gasteiger partial charge in [-0.2, -0.15) is 0 Å². The zero-order valence-corrected chi connectivity index (χ0v) is 7.87. The fourth-order valence-corrected chi connectivity index (χ4v) is 1.33. The predicted octanol–water partition coefficient (Wildman–Crippen LogP) is 1.31. The van der Waals surface area contributed by atoms with Crippen molar-refractivity contribution >= 4 is 11.6 Å². The Morgan fingerprint density at radius 2 is 2.31 bits per heavy atom. The fourth-order valence-electron chi connectivity index (χ4n) is 1.13. The molecule has 4 heteroatoms. The molecule has 0 amide bonds. The molecule has 0 radical (unpaired) electrons. The van der Waals surface area contributed by atoms with Gasteiger partial charge in [0.15, 0.2) is 0 Å². The van der Waals surface area contributed by atoms with Crippen LogP contribution < -0.4 is 5.90 Å². The second kappa shape index (κ2) is 5.19. The highest BCUT2D eigenvalue weighted by molar-refractivity contribution is 6.30. The molecule has 1 rings (SSSR count). The van der Waals surface area contributed by atoms with Crippen molar-refractivity contribution in [3.05, 3.63) is 34.9 Å². The van der Waals surface area contributed by atoms with Gasteiger partial charge in [0.2, 0.25) is 0 Å². The summed E-state index contributed by atoms with van der Waals surface area (Å²) in [4.78, 5) is 4.49. The van der Waals surface area contributed by atoms with E-state index < -0.39 is 0 Å². The maximum absolute atomic E-state index is 9.02. The quantitative estimate of drug-likeness (QED) is 0.723. The van der Waals surface area contributed by atoms with Crippen molar-refractivity contribution in [3.8, 4) is 0 Å². The van der Waals surface area contributed by atoms with Gasteiger partial charge in [0.05, 0.1) is 13.2 Å². The van der Waals surface area contributed by atoms with E-state index >= 15 is 0 Å². The van der Waals surface area contributed by atoms with Crippen LogP contribution in [0.1, 0.15) is 11.5 Å². The van der Waals surface area contributed by atoms with Gasteiger partial charge >= 0.3 is 0 Å². The van der Waals surface area contributed by atoms with Gasteiger partial charge in [-0.3, -0.25) is 0 Å². The van der Waals surface area contributed by atoms with Crippen molar-refractivity contribution in [2.24, 2.45) is 5.90 Å². The molecule has 0 aliphatic carbocycles. The van der Waals surface area contributed by atoms with Gasteiger partial charge in [-0.15, -0.1) is 0 Å². The first-order chi connectivity index (χ1) is 6.27. The second-order valence-electron chi connectivity index (χ2n) is 2.77. The Hall–Kier alpha value is -0.610. The molecule has 3 N–H and O–H groups in total. The van der Waals surface area contributed by atoms with Crippen molar-refractivity contribution in [2.75, 3.05) is 13.2 Å². The van der Waals surface area contributed by atoms with Gasteiger partial charge in [-0.25, -0.2) is 5.90 Å². The average Bonchev–Trinajstić information content (AvgIpc) is 2.14. The first-order valence-electron chi connectivity index (χ1n) is 3.96. The summed E-state index contributed by atoms with van der Waals surface area (Å²) in [7, 11) is 0. The molecule has 0 aliphatic heterocycles. The third-order valence-electron chi connectivity index (χ3n) is 1.84. The zero-order valence-electron chi connectivity index (χ0n) is 7.11. The molecule has 0 heterocycles. The number of benzene rings is 1. The van der Waals surface area contributed by atoms with Crippen LogP contribution in [-0.4, -0.2) is 18.3 Å². The summed E-state index contributed by atoms with van der Waals surface area (Å²) < 4.78 is 0. The van der Waals surface area contributed by atoms with Crippen LogP contribution in [0.25, 0.3) is 0 Å². The lowest BCUT2D eigenvalue weighted by molar-refractivity contribution is 0.101. The number of aliphatic hydroxyl groups is 1. The molecular weight excluding hydrogens is 190 g/mol. The van der Waals surface area contributed by atoms with E-state index in [0.29, 0.717) is 5.02 Å². The number of hydrogen-bond acceptors (Lipinski definition) is 3. The molecule has 1 aromatic rings. The lowest BCUT2D eigenvalue weighted by Gasteiger charge is -2.12. The molecule has 0 aliphatic rings. The predicted molar refractivity (Wildman–Crippen MR) is 51.4 cm³/mol. The van der Waals surface area contributed by atoms with Crippen LogP contribution in [-0.2, 0) is 4.84 Å². The molecule has 72 valence electrons. The summed E-state index contributed by atoms with van der Waals surface area (Å²) in [6, 6.07) is 7.28. The summed E-state index contributed by atoms with van der Waals surface area (Å²) in [6.45, 7) is 0.286. The first kappa shape index (κ1) is 10.5. The van der Waals surface area contributed by atoms with E-state index in [-0.39, 0.29) is 19.1 Å². The van der Waals surface area contributed by atoms with Crippen molar-refractivity contribution < 1.29 is 9.94 Å². The molecule has 0 saturated heterocycles. The topological polar surface area (TPSA) is 55.5 Å². The Balaban J connectivity index is 2.78. The van der Waals surface area contributed by atoms with Gasteiger partial charge in [-0.05, 0) is 17.7 Å².